The van der Waals surface area contributed by atoms with Gasteiger partial charge in [-0.05, 0) is 13.8 Å². The van der Waals surface area contributed by atoms with Crippen LogP contribution in [-0.2, 0) is 4.79 Å². The monoisotopic (exact) mass is 233 g/mol. The van der Waals surface area contributed by atoms with Gasteiger partial charge < -0.3 is 26.1 Å². The molecule has 0 heterocycles. The van der Waals surface area contributed by atoms with E-state index in [9.17, 15) is 4.79 Å². The van der Waals surface area contributed by atoms with Crippen molar-refractivity contribution in [3.8, 4) is 0 Å². The zero-order valence-electron chi connectivity index (χ0n) is 9.55. The molecule has 7 nitrogen and oxygen atoms in total. The lowest BCUT2D eigenvalue weighted by molar-refractivity contribution is -0.138. The topological polar surface area (TPSA) is 119 Å². The minimum Gasteiger partial charge on any atom is -0.409 e. The van der Waals surface area contributed by atoms with Crippen LogP contribution in [0.1, 0.15) is 13.8 Å². The summed E-state index contributed by atoms with van der Waals surface area (Å²) >= 11 is 0. The average Bonchev–Trinajstić information content (AvgIpc) is 2.26. The summed E-state index contributed by atoms with van der Waals surface area (Å²) in [5, 5.41) is 28.9. The molecule has 7 heteroatoms. The number of carbonyl (C=O) groups is 1. The number of amidine groups is 1. The van der Waals surface area contributed by atoms with E-state index in [-0.39, 0.29) is 32.1 Å². The first-order chi connectivity index (χ1) is 7.41. The van der Waals surface area contributed by atoms with Crippen LogP contribution in [0.5, 0.6) is 0 Å². The molecule has 0 aliphatic rings. The van der Waals surface area contributed by atoms with Gasteiger partial charge in [0.15, 0.2) is 5.84 Å². The van der Waals surface area contributed by atoms with Crippen molar-refractivity contribution in [3.05, 3.63) is 0 Å². The fraction of sp³-hybridized carbons (Fsp3) is 0.778. The van der Waals surface area contributed by atoms with Crippen molar-refractivity contribution < 1.29 is 20.2 Å². The van der Waals surface area contributed by atoms with E-state index in [0.717, 1.165) is 0 Å². The molecule has 0 fully saturated rings. The number of oxime groups is 1. The molecule has 0 spiro atoms. The zero-order valence-corrected chi connectivity index (χ0v) is 9.55. The Labute approximate surface area is 94.2 Å². The largest absolute Gasteiger partial charge is 0.409 e. The molecule has 0 aliphatic carbocycles. The van der Waals surface area contributed by atoms with Gasteiger partial charge in [-0.3, -0.25) is 4.79 Å². The predicted molar refractivity (Wildman–Crippen MR) is 57.9 cm³/mol. The van der Waals surface area contributed by atoms with Crippen molar-refractivity contribution in [2.24, 2.45) is 16.3 Å². The highest BCUT2D eigenvalue weighted by Crippen LogP contribution is 2.18. The molecule has 0 aromatic heterocycles. The number of amides is 1. The number of hydrogen-bond donors (Lipinski definition) is 4. The summed E-state index contributed by atoms with van der Waals surface area (Å²) in [4.78, 5) is 13.2. The molecule has 0 rings (SSSR count). The molecule has 94 valence electrons. The summed E-state index contributed by atoms with van der Waals surface area (Å²) < 4.78 is 0. The molecule has 0 bridgehead atoms. The van der Waals surface area contributed by atoms with Gasteiger partial charge >= 0.3 is 0 Å². The van der Waals surface area contributed by atoms with Crippen LogP contribution < -0.4 is 5.73 Å². The van der Waals surface area contributed by atoms with Crippen LogP contribution in [0.25, 0.3) is 0 Å². The molecule has 5 N–H and O–H groups in total. The van der Waals surface area contributed by atoms with Crippen LogP contribution in [0.4, 0.5) is 0 Å². The van der Waals surface area contributed by atoms with Crippen LogP contribution in [0.3, 0.4) is 0 Å². The lowest BCUT2D eigenvalue weighted by atomic mass is 9.90. The Bertz CT molecular complexity index is 259. The Morgan fingerprint density at radius 1 is 1.31 bits per heavy atom. The third-order valence-corrected chi connectivity index (χ3v) is 2.31. The average molecular weight is 233 g/mol. The molecule has 1 amide bonds. The Morgan fingerprint density at radius 2 is 1.75 bits per heavy atom. The van der Waals surface area contributed by atoms with Crippen LogP contribution in [0.15, 0.2) is 5.16 Å². The van der Waals surface area contributed by atoms with Crippen LogP contribution in [0, 0.1) is 5.41 Å². The molecule has 0 radical (unpaired) electrons. The van der Waals surface area contributed by atoms with Crippen LogP contribution in [-0.4, -0.2) is 58.4 Å². The minimum atomic E-state index is -1.17. The number of aliphatic hydroxyl groups excluding tert-OH is 2. The number of nitrogens with zero attached hydrogens (tertiary/aromatic N) is 2. The lowest BCUT2D eigenvalue weighted by Gasteiger charge is -2.30. The number of carbonyl (C=O) groups excluding carboxylic acids is 1. The molecule has 0 saturated heterocycles. The molecule has 16 heavy (non-hydrogen) atoms. The van der Waals surface area contributed by atoms with Gasteiger partial charge in [0.05, 0.1) is 13.2 Å². The lowest BCUT2D eigenvalue weighted by Crippen LogP contribution is -2.49. The second-order valence-corrected chi connectivity index (χ2v) is 3.85. The van der Waals surface area contributed by atoms with Crippen LogP contribution in [0.2, 0.25) is 0 Å². The quantitative estimate of drug-likeness (QED) is 0.194. The minimum absolute atomic E-state index is 0.0987. The summed E-state index contributed by atoms with van der Waals surface area (Å²) in [6.07, 6.45) is 0. The van der Waals surface area contributed by atoms with Crippen molar-refractivity contribution in [1.29, 1.82) is 0 Å². The van der Waals surface area contributed by atoms with Crippen molar-refractivity contribution in [2.75, 3.05) is 26.3 Å². The molecule has 0 saturated carbocycles. The van der Waals surface area contributed by atoms with Gasteiger partial charge in [0, 0.05) is 13.1 Å². The van der Waals surface area contributed by atoms with Crippen molar-refractivity contribution >= 4 is 11.7 Å². The second kappa shape index (κ2) is 6.29. The molecule has 0 unspecified atom stereocenters. The maximum absolute atomic E-state index is 12.0. The fourth-order valence-electron chi connectivity index (χ4n) is 1.19. The van der Waals surface area contributed by atoms with Gasteiger partial charge in [0.2, 0.25) is 5.91 Å². The van der Waals surface area contributed by atoms with Gasteiger partial charge in [-0.2, -0.15) is 0 Å². The maximum atomic E-state index is 12.0. The standard InChI is InChI=1S/C9H19N3O4/c1-9(2,7(10)11-16)8(15)12(3-5-13)4-6-14/h13-14,16H,3-6H2,1-2H3,(H2,10,11). The van der Waals surface area contributed by atoms with E-state index in [1.807, 2.05) is 0 Å². The highest BCUT2D eigenvalue weighted by atomic mass is 16.4. The summed E-state index contributed by atoms with van der Waals surface area (Å²) in [6.45, 7) is 2.79. The normalized spacial score (nSPS) is 12.6. The van der Waals surface area contributed by atoms with Gasteiger partial charge in [0.1, 0.15) is 5.41 Å². The molecule has 0 aromatic carbocycles. The number of nitrogens with two attached hydrogens (primary N) is 1. The molecular formula is C9H19N3O4. The van der Waals surface area contributed by atoms with E-state index >= 15 is 0 Å². The Morgan fingerprint density at radius 3 is 2.06 bits per heavy atom. The molecular weight excluding hydrogens is 214 g/mol. The number of rotatable bonds is 6. The van der Waals surface area contributed by atoms with E-state index in [0.29, 0.717) is 0 Å². The highest BCUT2D eigenvalue weighted by molar-refractivity contribution is 6.05. The first kappa shape index (κ1) is 14.7. The van der Waals surface area contributed by atoms with E-state index in [1.165, 1.54) is 18.7 Å². The third kappa shape index (κ3) is 3.35. The summed E-state index contributed by atoms with van der Waals surface area (Å²) in [6, 6.07) is 0. The summed E-state index contributed by atoms with van der Waals surface area (Å²) in [5.41, 5.74) is 4.24. The SMILES string of the molecule is CC(C)(C(=O)N(CCO)CCO)C(N)=NO. The first-order valence-electron chi connectivity index (χ1n) is 4.90. The second-order valence-electron chi connectivity index (χ2n) is 3.85. The number of aliphatic hydroxyl groups is 2. The Balaban J connectivity index is 4.84. The van der Waals surface area contributed by atoms with Crippen molar-refractivity contribution in [2.45, 2.75) is 13.8 Å². The Hall–Kier alpha value is -1.34. The maximum Gasteiger partial charge on any atom is 0.236 e. The van der Waals surface area contributed by atoms with Gasteiger partial charge in [-0.25, -0.2) is 0 Å². The van der Waals surface area contributed by atoms with Gasteiger partial charge in [-0.15, -0.1) is 0 Å². The van der Waals surface area contributed by atoms with E-state index in [4.69, 9.17) is 21.2 Å². The van der Waals surface area contributed by atoms with E-state index in [2.05, 4.69) is 5.16 Å². The van der Waals surface area contributed by atoms with E-state index < -0.39 is 11.3 Å². The smallest absolute Gasteiger partial charge is 0.236 e. The molecule has 0 aliphatic heterocycles. The van der Waals surface area contributed by atoms with Crippen molar-refractivity contribution in [1.82, 2.24) is 4.90 Å². The summed E-state index contributed by atoms with van der Waals surface area (Å²) in [7, 11) is 0. The van der Waals surface area contributed by atoms with Gasteiger partial charge in [-0.1, -0.05) is 5.16 Å². The Kier molecular flexibility index (Phi) is 5.76. The predicted octanol–water partition coefficient (Wildman–Crippen LogP) is -1.43. The fourth-order valence-corrected chi connectivity index (χ4v) is 1.19. The highest BCUT2D eigenvalue weighted by Gasteiger charge is 2.36. The zero-order chi connectivity index (χ0) is 12.8. The molecule has 0 aromatic rings. The third-order valence-electron chi connectivity index (χ3n) is 2.31. The van der Waals surface area contributed by atoms with Gasteiger partial charge in [0.25, 0.3) is 0 Å². The number of hydrogen-bond acceptors (Lipinski definition) is 5. The summed E-state index contributed by atoms with van der Waals surface area (Å²) in [5.74, 6) is -0.621. The first-order valence-corrected chi connectivity index (χ1v) is 4.90. The van der Waals surface area contributed by atoms with Crippen molar-refractivity contribution in [3.63, 3.8) is 0 Å². The van der Waals surface area contributed by atoms with Crippen LogP contribution >= 0.6 is 0 Å². The molecule has 0 atom stereocenters. The van der Waals surface area contributed by atoms with E-state index in [1.54, 1.807) is 0 Å².